The summed E-state index contributed by atoms with van der Waals surface area (Å²) in [6.07, 6.45) is 0.972. The zero-order valence-corrected chi connectivity index (χ0v) is 12.0. The average Bonchev–Trinajstić information content (AvgIpc) is 2.29. The first-order valence-electron chi connectivity index (χ1n) is 6.36. The van der Waals surface area contributed by atoms with E-state index in [2.05, 4.69) is 10.6 Å². The van der Waals surface area contributed by atoms with Gasteiger partial charge in [0.15, 0.2) is 0 Å². The lowest BCUT2D eigenvalue weighted by atomic mass is 10.0. The summed E-state index contributed by atoms with van der Waals surface area (Å²) in [5, 5.41) is 15.1. The summed E-state index contributed by atoms with van der Waals surface area (Å²) in [5.74, 6) is 0.336. The van der Waals surface area contributed by atoms with E-state index in [1.54, 1.807) is 0 Å². The van der Waals surface area contributed by atoms with Gasteiger partial charge in [-0.25, -0.2) is 0 Å². The van der Waals surface area contributed by atoms with Crippen molar-refractivity contribution in [2.24, 2.45) is 5.92 Å². The SMILES string of the molecule is CC(C)C(CCO)NC(=O)CC1CNCCO1.Cl. The van der Waals surface area contributed by atoms with Crippen LogP contribution >= 0.6 is 12.4 Å². The lowest BCUT2D eigenvalue weighted by Crippen LogP contribution is -2.44. The molecule has 1 amide bonds. The number of ether oxygens (including phenoxy) is 1. The molecular weight excluding hydrogens is 256 g/mol. The Hall–Kier alpha value is -0.360. The second kappa shape index (κ2) is 9.55. The molecule has 2 unspecified atom stereocenters. The normalized spacial score (nSPS) is 21.2. The van der Waals surface area contributed by atoms with Gasteiger partial charge in [-0.05, 0) is 12.3 Å². The molecule has 1 fully saturated rings. The maximum Gasteiger partial charge on any atom is 0.222 e. The van der Waals surface area contributed by atoms with Gasteiger partial charge in [-0.2, -0.15) is 0 Å². The molecule has 108 valence electrons. The van der Waals surface area contributed by atoms with Crippen molar-refractivity contribution in [2.45, 2.75) is 38.8 Å². The predicted molar refractivity (Wildman–Crippen MR) is 72.9 cm³/mol. The zero-order valence-electron chi connectivity index (χ0n) is 11.1. The number of nitrogens with one attached hydrogen (secondary N) is 2. The number of aliphatic hydroxyl groups excluding tert-OH is 1. The number of carbonyl (C=O) groups is 1. The number of hydrogen-bond donors (Lipinski definition) is 3. The van der Waals surface area contributed by atoms with E-state index in [-0.39, 0.29) is 37.1 Å². The van der Waals surface area contributed by atoms with Crippen molar-refractivity contribution in [3.05, 3.63) is 0 Å². The maximum atomic E-state index is 11.8. The van der Waals surface area contributed by atoms with Crippen LogP contribution in [-0.4, -0.2) is 49.5 Å². The number of amides is 1. The summed E-state index contributed by atoms with van der Waals surface area (Å²) in [6, 6.07) is 0.0454. The lowest BCUT2D eigenvalue weighted by Gasteiger charge is -2.26. The summed E-state index contributed by atoms with van der Waals surface area (Å²) < 4.78 is 5.48. The Kier molecular flexibility index (Phi) is 9.36. The predicted octanol–water partition coefficient (Wildman–Crippen LogP) is 0.310. The van der Waals surface area contributed by atoms with Crippen LogP contribution in [-0.2, 0) is 9.53 Å². The van der Waals surface area contributed by atoms with Crippen LogP contribution in [0, 0.1) is 5.92 Å². The fourth-order valence-electron chi connectivity index (χ4n) is 1.93. The minimum Gasteiger partial charge on any atom is -0.396 e. The second-order valence-corrected chi connectivity index (χ2v) is 4.83. The Balaban J connectivity index is 0.00000289. The van der Waals surface area contributed by atoms with Gasteiger partial charge in [0.25, 0.3) is 0 Å². The summed E-state index contributed by atoms with van der Waals surface area (Å²) in [4.78, 5) is 11.8. The standard InChI is InChI=1S/C12H24N2O3.ClH/c1-9(2)11(3-5-15)14-12(16)7-10-8-13-4-6-17-10;/h9-11,13,15H,3-8H2,1-2H3,(H,14,16);1H. The minimum absolute atomic E-state index is 0. The third-order valence-corrected chi connectivity index (χ3v) is 3.01. The van der Waals surface area contributed by atoms with Gasteiger partial charge in [0.2, 0.25) is 5.91 Å². The van der Waals surface area contributed by atoms with Gasteiger partial charge < -0.3 is 20.5 Å². The summed E-state index contributed by atoms with van der Waals surface area (Å²) in [6.45, 7) is 6.45. The van der Waals surface area contributed by atoms with Gasteiger partial charge in [0.1, 0.15) is 0 Å². The van der Waals surface area contributed by atoms with Gasteiger partial charge in [0.05, 0.1) is 19.1 Å². The van der Waals surface area contributed by atoms with Crippen molar-refractivity contribution in [3.63, 3.8) is 0 Å². The van der Waals surface area contributed by atoms with Crippen LogP contribution in [0.25, 0.3) is 0 Å². The van der Waals surface area contributed by atoms with E-state index < -0.39 is 0 Å². The molecule has 0 aromatic heterocycles. The summed E-state index contributed by atoms with van der Waals surface area (Å²) in [7, 11) is 0. The van der Waals surface area contributed by atoms with Crippen LogP contribution < -0.4 is 10.6 Å². The third-order valence-electron chi connectivity index (χ3n) is 3.01. The molecule has 1 aliphatic heterocycles. The quantitative estimate of drug-likeness (QED) is 0.655. The van der Waals surface area contributed by atoms with E-state index in [0.717, 1.165) is 13.1 Å². The van der Waals surface area contributed by atoms with Crippen LogP contribution in [0.4, 0.5) is 0 Å². The molecule has 0 bridgehead atoms. The fourth-order valence-corrected chi connectivity index (χ4v) is 1.93. The van der Waals surface area contributed by atoms with Crippen molar-refractivity contribution in [1.82, 2.24) is 10.6 Å². The van der Waals surface area contributed by atoms with E-state index in [4.69, 9.17) is 9.84 Å². The van der Waals surface area contributed by atoms with Crippen LogP contribution in [0.15, 0.2) is 0 Å². The number of morpholine rings is 1. The number of aliphatic hydroxyl groups is 1. The highest BCUT2D eigenvalue weighted by Crippen LogP contribution is 2.07. The molecule has 0 aromatic carbocycles. The molecule has 1 heterocycles. The first-order chi connectivity index (χ1) is 8.13. The molecular formula is C12H25ClN2O3. The van der Waals surface area contributed by atoms with Crippen LogP contribution in [0.1, 0.15) is 26.7 Å². The molecule has 1 aliphatic rings. The van der Waals surface area contributed by atoms with E-state index in [1.165, 1.54) is 0 Å². The smallest absolute Gasteiger partial charge is 0.222 e. The van der Waals surface area contributed by atoms with Crippen LogP contribution in [0.5, 0.6) is 0 Å². The van der Waals surface area contributed by atoms with Gasteiger partial charge in [-0.3, -0.25) is 4.79 Å². The number of carbonyl (C=O) groups excluding carboxylic acids is 1. The monoisotopic (exact) mass is 280 g/mol. The highest BCUT2D eigenvalue weighted by Gasteiger charge is 2.20. The molecule has 0 aliphatic carbocycles. The van der Waals surface area contributed by atoms with Crippen molar-refractivity contribution in [2.75, 3.05) is 26.3 Å². The number of halogens is 1. The molecule has 0 aromatic rings. The minimum atomic E-state index is -0.0225. The summed E-state index contributed by atoms with van der Waals surface area (Å²) in [5.41, 5.74) is 0. The fraction of sp³-hybridized carbons (Fsp3) is 0.917. The molecule has 3 N–H and O–H groups in total. The van der Waals surface area contributed by atoms with E-state index in [0.29, 0.717) is 25.4 Å². The van der Waals surface area contributed by atoms with Crippen molar-refractivity contribution >= 4 is 18.3 Å². The Bertz CT molecular complexity index is 233. The van der Waals surface area contributed by atoms with Crippen LogP contribution in [0.3, 0.4) is 0 Å². The number of rotatable bonds is 6. The Morgan fingerprint density at radius 2 is 2.28 bits per heavy atom. The second-order valence-electron chi connectivity index (χ2n) is 4.83. The van der Waals surface area contributed by atoms with E-state index in [1.807, 2.05) is 13.8 Å². The molecule has 1 saturated heterocycles. The molecule has 0 spiro atoms. The first kappa shape index (κ1) is 17.6. The molecule has 0 radical (unpaired) electrons. The van der Waals surface area contributed by atoms with Gasteiger partial charge in [0, 0.05) is 25.7 Å². The first-order valence-corrected chi connectivity index (χ1v) is 6.36. The topological polar surface area (TPSA) is 70.6 Å². The van der Waals surface area contributed by atoms with Crippen molar-refractivity contribution in [1.29, 1.82) is 0 Å². The van der Waals surface area contributed by atoms with Crippen LogP contribution in [0.2, 0.25) is 0 Å². The molecule has 0 saturated carbocycles. The third kappa shape index (κ3) is 6.54. The molecule has 2 atom stereocenters. The zero-order chi connectivity index (χ0) is 12.7. The molecule has 5 nitrogen and oxygen atoms in total. The van der Waals surface area contributed by atoms with E-state index >= 15 is 0 Å². The van der Waals surface area contributed by atoms with Crippen molar-refractivity contribution < 1.29 is 14.6 Å². The summed E-state index contributed by atoms with van der Waals surface area (Å²) >= 11 is 0. The van der Waals surface area contributed by atoms with Crippen molar-refractivity contribution in [3.8, 4) is 0 Å². The number of hydrogen-bond acceptors (Lipinski definition) is 4. The van der Waals surface area contributed by atoms with Gasteiger partial charge in [-0.1, -0.05) is 13.8 Å². The Labute approximate surface area is 115 Å². The lowest BCUT2D eigenvalue weighted by molar-refractivity contribution is -0.125. The molecule has 18 heavy (non-hydrogen) atoms. The van der Waals surface area contributed by atoms with Gasteiger partial charge in [-0.15, -0.1) is 12.4 Å². The van der Waals surface area contributed by atoms with E-state index in [9.17, 15) is 4.79 Å². The maximum absolute atomic E-state index is 11.8. The average molecular weight is 281 g/mol. The highest BCUT2D eigenvalue weighted by molar-refractivity contribution is 5.85. The Morgan fingerprint density at radius 3 is 2.78 bits per heavy atom. The Morgan fingerprint density at radius 1 is 1.56 bits per heavy atom. The highest BCUT2D eigenvalue weighted by atomic mass is 35.5. The molecule has 6 heteroatoms. The molecule has 1 rings (SSSR count). The van der Waals surface area contributed by atoms with Gasteiger partial charge >= 0.3 is 0 Å². The largest absolute Gasteiger partial charge is 0.396 e.